The summed E-state index contributed by atoms with van der Waals surface area (Å²) in [7, 11) is 1.60. The predicted molar refractivity (Wildman–Crippen MR) is 173 cm³/mol. The topological polar surface area (TPSA) is 123 Å². The van der Waals surface area contributed by atoms with Crippen molar-refractivity contribution in [3.8, 4) is 17.2 Å². The fourth-order valence-electron chi connectivity index (χ4n) is 5.83. The summed E-state index contributed by atoms with van der Waals surface area (Å²) in [5.41, 5.74) is 2.53. The van der Waals surface area contributed by atoms with Gasteiger partial charge in [-0.05, 0) is 53.3 Å². The smallest absolute Gasteiger partial charge is 0.315 e. The van der Waals surface area contributed by atoms with Crippen molar-refractivity contribution in [2.45, 2.75) is 31.7 Å². The number of hydrogen-bond acceptors (Lipinski definition) is 8. The van der Waals surface area contributed by atoms with E-state index < -0.39 is 0 Å². The average molecular weight is 626 g/mol. The van der Waals surface area contributed by atoms with Gasteiger partial charge < -0.3 is 34.9 Å². The first-order chi connectivity index (χ1) is 22.5. The molecule has 3 heterocycles. The van der Waals surface area contributed by atoms with E-state index in [2.05, 4.69) is 50.1 Å². The minimum atomic E-state index is -0.303. The molecule has 0 unspecified atom stereocenters. The third-order valence-electron chi connectivity index (χ3n) is 8.12. The highest BCUT2D eigenvalue weighted by atomic mass is 16.5. The van der Waals surface area contributed by atoms with Crippen LogP contribution in [0.4, 0.5) is 4.79 Å². The highest BCUT2D eigenvalue weighted by Crippen LogP contribution is 2.29. The zero-order valence-corrected chi connectivity index (χ0v) is 25.9. The highest BCUT2D eigenvalue weighted by Gasteiger charge is 2.31. The summed E-state index contributed by atoms with van der Waals surface area (Å²) in [6, 6.07) is 20.6. The molecule has 0 aliphatic carbocycles. The molecule has 2 aliphatic heterocycles. The normalized spacial score (nSPS) is 19.4. The summed E-state index contributed by atoms with van der Waals surface area (Å²) in [4.78, 5) is 32.6. The number of methoxy groups -OCH3 is 1. The van der Waals surface area contributed by atoms with E-state index in [0.29, 0.717) is 49.2 Å². The van der Waals surface area contributed by atoms with Gasteiger partial charge in [-0.1, -0.05) is 30.3 Å². The highest BCUT2D eigenvalue weighted by molar-refractivity contribution is 5.95. The number of ether oxygens (including phenoxy) is 4. The molecule has 0 saturated carbocycles. The summed E-state index contributed by atoms with van der Waals surface area (Å²) < 4.78 is 23.6. The Morgan fingerprint density at radius 3 is 2.78 bits per heavy atom. The van der Waals surface area contributed by atoms with Crippen molar-refractivity contribution in [2.75, 3.05) is 46.5 Å². The second-order valence-corrected chi connectivity index (χ2v) is 11.4. The van der Waals surface area contributed by atoms with Gasteiger partial charge in [-0.15, -0.1) is 0 Å². The lowest BCUT2D eigenvalue weighted by molar-refractivity contribution is -0.0302. The Morgan fingerprint density at radius 1 is 0.978 bits per heavy atom. The van der Waals surface area contributed by atoms with Crippen LogP contribution < -0.4 is 25.4 Å². The molecule has 1 saturated heterocycles. The van der Waals surface area contributed by atoms with Crippen molar-refractivity contribution in [1.29, 1.82) is 0 Å². The molecule has 4 bridgehead atoms. The van der Waals surface area contributed by atoms with Crippen LogP contribution in [0.1, 0.15) is 27.9 Å². The van der Waals surface area contributed by atoms with Crippen molar-refractivity contribution in [3.63, 3.8) is 0 Å². The Kier molecular flexibility index (Phi) is 10.2. The lowest BCUT2D eigenvalue weighted by Crippen LogP contribution is -2.56. The van der Waals surface area contributed by atoms with Crippen molar-refractivity contribution in [2.24, 2.45) is 0 Å². The molecule has 6 rings (SSSR count). The Hall–Kier alpha value is -4.71. The van der Waals surface area contributed by atoms with Crippen LogP contribution in [0.15, 0.2) is 79.1 Å². The number of nitrogens with one attached hydrogen (secondary N) is 3. The quantitative estimate of drug-likeness (QED) is 0.272. The van der Waals surface area contributed by atoms with Gasteiger partial charge in [0.1, 0.15) is 23.9 Å². The molecule has 2 atom stereocenters. The zero-order chi connectivity index (χ0) is 31.7. The van der Waals surface area contributed by atoms with E-state index in [1.54, 1.807) is 25.3 Å². The Labute approximate surface area is 268 Å². The summed E-state index contributed by atoms with van der Waals surface area (Å²) in [6.07, 6.45) is 4.19. The molecule has 0 radical (unpaired) electrons. The molecule has 1 aromatic heterocycles. The number of amides is 3. The first kappa shape index (κ1) is 31.3. The number of carbonyl (C=O) groups excluding carboxylic acids is 2. The third-order valence-corrected chi connectivity index (χ3v) is 8.12. The summed E-state index contributed by atoms with van der Waals surface area (Å²) in [6.45, 7) is 3.79. The van der Waals surface area contributed by atoms with Gasteiger partial charge in [-0.2, -0.15) is 0 Å². The number of fused-ring (bicyclic) bond motifs is 6. The molecule has 46 heavy (non-hydrogen) atoms. The van der Waals surface area contributed by atoms with Gasteiger partial charge in [-0.25, -0.2) is 4.79 Å². The molecule has 11 nitrogen and oxygen atoms in total. The molecule has 0 spiro atoms. The molecule has 3 N–H and O–H groups in total. The second-order valence-electron chi connectivity index (χ2n) is 11.4. The number of carbonyl (C=O) groups is 2. The third kappa shape index (κ3) is 8.11. The van der Waals surface area contributed by atoms with E-state index in [-0.39, 0.29) is 37.2 Å². The average Bonchev–Trinajstić information content (AvgIpc) is 3.06. The number of benzene rings is 3. The minimum absolute atomic E-state index is 0.183. The fraction of sp³-hybridized carbons (Fsp3) is 0.343. The Bertz CT molecular complexity index is 1660. The number of rotatable bonds is 6. The van der Waals surface area contributed by atoms with Crippen LogP contribution in [0.3, 0.4) is 0 Å². The van der Waals surface area contributed by atoms with E-state index in [0.717, 1.165) is 30.5 Å². The molecule has 2 aliphatic rings. The lowest BCUT2D eigenvalue weighted by atomic mass is 9.99. The monoisotopic (exact) mass is 625 g/mol. The number of piperidine rings is 1. The number of aromatic nitrogens is 1. The molecule has 11 heteroatoms. The first-order valence-corrected chi connectivity index (χ1v) is 15.6. The van der Waals surface area contributed by atoms with Gasteiger partial charge in [0, 0.05) is 69.2 Å². The van der Waals surface area contributed by atoms with Crippen LogP contribution in [-0.2, 0) is 22.6 Å². The molecular weight excluding hydrogens is 586 g/mol. The largest absolute Gasteiger partial charge is 0.491 e. The van der Waals surface area contributed by atoms with Gasteiger partial charge in [0.05, 0.1) is 25.4 Å². The maximum atomic E-state index is 13.0. The number of hydrogen-bond donors (Lipinski definition) is 3. The Balaban J connectivity index is 1.21. The number of urea groups is 1. The summed E-state index contributed by atoms with van der Waals surface area (Å²) in [5.74, 6) is 1.25. The van der Waals surface area contributed by atoms with Gasteiger partial charge in [-0.3, -0.25) is 14.7 Å². The molecule has 240 valence electrons. The molecule has 4 aromatic rings. The first-order valence-electron chi connectivity index (χ1n) is 15.6. The lowest BCUT2D eigenvalue weighted by Gasteiger charge is -2.39. The van der Waals surface area contributed by atoms with Gasteiger partial charge in [0.15, 0.2) is 0 Å². The maximum Gasteiger partial charge on any atom is 0.315 e. The SMILES string of the molecule is COCCOc1cc2cc(c1)C(=O)NCCNC(=O)N[C@H]1CCN(Cc3cccc4cnccc34)C[C@@H]1OCc1cccc(c1)O2. The second kappa shape index (κ2) is 15.0. The minimum Gasteiger partial charge on any atom is -0.491 e. The predicted octanol–water partition coefficient (Wildman–Crippen LogP) is 4.25. The van der Waals surface area contributed by atoms with Crippen LogP contribution in [0, 0.1) is 0 Å². The van der Waals surface area contributed by atoms with Crippen LogP contribution in [0.2, 0.25) is 0 Å². The number of likely N-dealkylation sites (tertiary alicyclic amines) is 1. The van der Waals surface area contributed by atoms with Gasteiger partial charge in [0.2, 0.25) is 0 Å². The Morgan fingerprint density at radius 2 is 1.87 bits per heavy atom. The van der Waals surface area contributed by atoms with Crippen LogP contribution in [0.25, 0.3) is 10.8 Å². The summed E-state index contributed by atoms with van der Waals surface area (Å²) >= 11 is 0. The number of pyridine rings is 1. The van der Waals surface area contributed by atoms with E-state index in [9.17, 15) is 9.59 Å². The number of nitrogens with zero attached hydrogens (tertiary/aromatic N) is 2. The molecular formula is C35H39N5O6. The van der Waals surface area contributed by atoms with E-state index >= 15 is 0 Å². The maximum absolute atomic E-state index is 13.0. The van der Waals surface area contributed by atoms with E-state index in [4.69, 9.17) is 18.9 Å². The fourth-order valence-corrected chi connectivity index (χ4v) is 5.83. The zero-order valence-electron chi connectivity index (χ0n) is 25.9. The van der Waals surface area contributed by atoms with Crippen molar-refractivity contribution < 1.29 is 28.5 Å². The van der Waals surface area contributed by atoms with Crippen molar-refractivity contribution in [3.05, 3.63) is 95.8 Å². The van der Waals surface area contributed by atoms with Gasteiger partial charge in [0.25, 0.3) is 5.91 Å². The van der Waals surface area contributed by atoms with Crippen molar-refractivity contribution >= 4 is 22.7 Å². The van der Waals surface area contributed by atoms with Crippen molar-refractivity contribution in [1.82, 2.24) is 25.8 Å². The molecule has 1 fully saturated rings. The van der Waals surface area contributed by atoms with Crippen LogP contribution >= 0.6 is 0 Å². The van der Waals surface area contributed by atoms with Crippen LogP contribution in [0.5, 0.6) is 17.2 Å². The molecule has 3 amide bonds. The van der Waals surface area contributed by atoms with Gasteiger partial charge >= 0.3 is 6.03 Å². The standard InChI is InChI=1S/C35H39N5O6/c1-43-14-15-44-29-17-27-18-30(19-29)46-28-7-2-4-24(16-28)23-45-33-22-40(21-26-6-3-5-25-20-36-10-8-31(25)26)13-9-32(33)39-35(42)38-12-11-37-34(27)41/h2-8,10,16-20,32-33H,9,11-15,21-23H2,1H3,(H,37,41)(H2,38,39,42)/t32-,33-/m0/s1. The molecule has 3 aromatic carbocycles. The van der Waals surface area contributed by atoms with E-state index in [1.165, 1.54) is 10.9 Å². The van der Waals surface area contributed by atoms with E-state index in [1.807, 2.05) is 36.7 Å². The van der Waals surface area contributed by atoms with Crippen LogP contribution in [-0.4, -0.2) is 80.5 Å². The summed E-state index contributed by atoms with van der Waals surface area (Å²) in [5, 5.41) is 11.1.